The van der Waals surface area contributed by atoms with Crippen LogP contribution in [0.25, 0.3) is 6.08 Å². The molecule has 5 nitrogen and oxygen atoms in total. The Labute approximate surface area is 192 Å². The van der Waals surface area contributed by atoms with Gasteiger partial charge >= 0.3 is 5.97 Å². The quantitative estimate of drug-likeness (QED) is 0.432. The van der Waals surface area contributed by atoms with Crippen molar-refractivity contribution < 1.29 is 19.4 Å². The van der Waals surface area contributed by atoms with E-state index in [0.717, 1.165) is 28.6 Å². The van der Waals surface area contributed by atoms with Crippen LogP contribution in [0.15, 0.2) is 53.4 Å². The van der Waals surface area contributed by atoms with Crippen LogP contribution in [0.4, 0.5) is 0 Å². The first-order valence-corrected chi connectivity index (χ1v) is 11.3. The van der Waals surface area contributed by atoms with Crippen LogP contribution < -0.4 is 4.74 Å². The summed E-state index contributed by atoms with van der Waals surface area (Å²) in [5, 5.41) is 9.57. The summed E-state index contributed by atoms with van der Waals surface area (Å²) in [6.07, 6.45) is 2.08. The smallest absolute Gasteiger partial charge is 0.326 e. The van der Waals surface area contributed by atoms with Crippen molar-refractivity contribution >= 4 is 46.3 Å². The number of benzene rings is 2. The Morgan fingerprint density at radius 1 is 1.16 bits per heavy atom. The monoisotopic (exact) mass is 455 g/mol. The number of aryl methyl sites for hydroxylation is 1. The van der Waals surface area contributed by atoms with Crippen LogP contribution in [-0.4, -0.2) is 32.2 Å². The highest BCUT2D eigenvalue weighted by Gasteiger charge is 2.40. The average molecular weight is 456 g/mol. The van der Waals surface area contributed by atoms with Gasteiger partial charge in [0, 0.05) is 0 Å². The molecule has 7 heteroatoms. The number of hydrogen-bond donors (Lipinski definition) is 1. The van der Waals surface area contributed by atoms with E-state index in [4.69, 9.17) is 17.0 Å². The zero-order valence-electron chi connectivity index (χ0n) is 17.7. The number of carbonyl (C=O) groups is 2. The fourth-order valence-electron chi connectivity index (χ4n) is 3.17. The number of nitrogens with zero attached hydrogens (tertiary/aromatic N) is 1. The van der Waals surface area contributed by atoms with E-state index in [9.17, 15) is 14.7 Å². The Balaban J connectivity index is 1.68. The van der Waals surface area contributed by atoms with Crippen molar-refractivity contribution in [2.75, 3.05) is 0 Å². The van der Waals surface area contributed by atoms with Gasteiger partial charge in [0.1, 0.15) is 22.7 Å². The summed E-state index contributed by atoms with van der Waals surface area (Å²) in [6, 6.07) is 14.6. The van der Waals surface area contributed by atoms with Gasteiger partial charge in [-0.15, -0.1) is 0 Å². The van der Waals surface area contributed by atoms with Gasteiger partial charge in [-0.3, -0.25) is 9.69 Å². The second-order valence-electron chi connectivity index (χ2n) is 7.88. The maximum absolute atomic E-state index is 12.9. The molecule has 0 bridgehead atoms. The highest BCUT2D eigenvalue weighted by Crippen LogP contribution is 2.35. The van der Waals surface area contributed by atoms with Crippen LogP contribution >= 0.6 is 24.0 Å². The minimum absolute atomic E-state index is 0.127. The lowest BCUT2D eigenvalue weighted by Gasteiger charge is -2.24. The van der Waals surface area contributed by atoms with Crippen molar-refractivity contribution in [1.29, 1.82) is 0 Å². The summed E-state index contributed by atoms with van der Waals surface area (Å²) in [7, 11) is 0. The van der Waals surface area contributed by atoms with Gasteiger partial charge in [0.05, 0.1) is 4.91 Å². The molecule has 2 aromatic rings. The fourth-order valence-corrected chi connectivity index (χ4v) is 4.53. The van der Waals surface area contributed by atoms with Crippen LogP contribution in [0, 0.1) is 12.8 Å². The third-order valence-corrected chi connectivity index (χ3v) is 6.15. The SMILES string of the molecule is Cc1ccc(COc2ccc(/C=C3\SC(=S)N([C@@H](CC(C)C)C(=O)O)C3=O)cc2)cc1. The van der Waals surface area contributed by atoms with Crippen molar-refractivity contribution in [2.45, 2.75) is 39.8 Å². The lowest BCUT2D eigenvalue weighted by atomic mass is 10.0. The number of thiocarbonyl (C=S) groups is 1. The van der Waals surface area contributed by atoms with Crippen molar-refractivity contribution in [3.05, 3.63) is 70.1 Å². The number of amides is 1. The third-order valence-electron chi connectivity index (χ3n) is 4.82. The number of ether oxygens (including phenoxy) is 1. The normalized spacial score (nSPS) is 16.3. The van der Waals surface area contributed by atoms with Crippen molar-refractivity contribution in [1.82, 2.24) is 4.90 Å². The summed E-state index contributed by atoms with van der Waals surface area (Å²) < 4.78 is 6.10. The van der Waals surface area contributed by atoms with Gasteiger partial charge in [-0.05, 0) is 48.6 Å². The van der Waals surface area contributed by atoms with Crippen LogP contribution in [-0.2, 0) is 16.2 Å². The summed E-state index contributed by atoms with van der Waals surface area (Å²) in [5.74, 6) is -0.542. The van der Waals surface area contributed by atoms with Crippen LogP contribution in [0.3, 0.4) is 0 Å². The molecule has 1 heterocycles. The Hall–Kier alpha value is -2.64. The van der Waals surface area contributed by atoms with Gasteiger partial charge in [0.15, 0.2) is 0 Å². The van der Waals surface area contributed by atoms with Crippen molar-refractivity contribution in [3.8, 4) is 5.75 Å². The highest BCUT2D eigenvalue weighted by atomic mass is 32.2. The molecule has 1 amide bonds. The van der Waals surface area contributed by atoms with E-state index in [2.05, 4.69) is 0 Å². The third kappa shape index (κ3) is 5.95. The van der Waals surface area contributed by atoms with E-state index >= 15 is 0 Å². The standard InChI is InChI=1S/C24H25NO4S2/c1-15(2)12-20(23(27)28)25-22(26)21(31-24(25)30)13-17-8-10-19(11-9-17)29-14-18-6-4-16(3)5-7-18/h4-11,13,15,20H,12,14H2,1-3H3,(H,27,28)/b21-13-/t20-/m0/s1. The molecule has 1 N–H and O–H groups in total. The number of hydrogen-bond acceptors (Lipinski definition) is 5. The maximum Gasteiger partial charge on any atom is 0.326 e. The number of carboxylic acid groups (broad SMARTS) is 1. The van der Waals surface area contributed by atoms with Gasteiger partial charge in [0.2, 0.25) is 0 Å². The van der Waals surface area contributed by atoms with Gasteiger partial charge in [-0.1, -0.05) is 79.8 Å². The molecule has 1 fully saturated rings. The number of carbonyl (C=O) groups excluding carboxylic acids is 1. The second-order valence-corrected chi connectivity index (χ2v) is 9.55. The molecule has 0 unspecified atom stereocenters. The van der Waals surface area contributed by atoms with Gasteiger partial charge in [-0.2, -0.15) is 0 Å². The molecule has 0 spiro atoms. The Morgan fingerprint density at radius 3 is 2.39 bits per heavy atom. The van der Waals surface area contributed by atoms with E-state index in [1.807, 2.05) is 69.3 Å². The summed E-state index contributed by atoms with van der Waals surface area (Å²) in [5.41, 5.74) is 3.11. The number of thioether (sulfide) groups is 1. The van der Waals surface area contributed by atoms with Crippen LogP contribution in [0.1, 0.15) is 37.0 Å². The number of rotatable bonds is 8. The molecule has 1 atom stereocenters. The Bertz CT molecular complexity index is 997. The van der Waals surface area contributed by atoms with E-state index in [-0.39, 0.29) is 16.1 Å². The van der Waals surface area contributed by atoms with E-state index in [0.29, 0.717) is 17.9 Å². The lowest BCUT2D eigenvalue weighted by molar-refractivity contribution is -0.145. The first-order valence-electron chi connectivity index (χ1n) is 10.0. The molecule has 1 saturated heterocycles. The van der Waals surface area contributed by atoms with E-state index in [1.165, 1.54) is 10.5 Å². The molecule has 3 rings (SSSR count). The Morgan fingerprint density at radius 2 is 1.81 bits per heavy atom. The predicted octanol–water partition coefficient (Wildman–Crippen LogP) is 5.27. The number of aliphatic carboxylic acids is 1. The van der Waals surface area contributed by atoms with Crippen LogP contribution in [0.2, 0.25) is 0 Å². The highest BCUT2D eigenvalue weighted by molar-refractivity contribution is 8.26. The van der Waals surface area contributed by atoms with Crippen molar-refractivity contribution in [2.24, 2.45) is 5.92 Å². The zero-order chi connectivity index (χ0) is 22.5. The summed E-state index contributed by atoms with van der Waals surface area (Å²) in [4.78, 5) is 26.2. The molecular weight excluding hydrogens is 430 g/mol. The summed E-state index contributed by atoms with van der Waals surface area (Å²) in [6.45, 7) is 6.37. The molecule has 0 saturated carbocycles. The molecule has 2 aromatic carbocycles. The van der Waals surface area contributed by atoms with Gasteiger partial charge in [-0.25, -0.2) is 4.79 Å². The molecule has 0 aromatic heterocycles. The molecule has 0 aliphatic carbocycles. The average Bonchev–Trinajstić information content (AvgIpc) is 2.99. The van der Waals surface area contributed by atoms with Crippen molar-refractivity contribution in [3.63, 3.8) is 0 Å². The van der Waals surface area contributed by atoms with Crippen LogP contribution in [0.5, 0.6) is 5.75 Å². The second kappa shape index (κ2) is 10.1. The topological polar surface area (TPSA) is 66.8 Å². The minimum Gasteiger partial charge on any atom is -0.489 e. The summed E-state index contributed by atoms with van der Waals surface area (Å²) >= 11 is 6.45. The molecule has 0 radical (unpaired) electrons. The van der Waals surface area contributed by atoms with E-state index < -0.39 is 12.0 Å². The molecular formula is C24H25NO4S2. The first kappa shape index (κ1) is 23.0. The minimum atomic E-state index is -1.04. The lowest BCUT2D eigenvalue weighted by Crippen LogP contribution is -2.44. The predicted molar refractivity (Wildman–Crippen MR) is 128 cm³/mol. The van der Waals surface area contributed by atoms with Gasteiger partial charge < -0.3 is 9.84 Å². The maximum atomic E-state index is 12.9. The molecule has 1 aliphatic rings. The molecule has 162 valence electrons. The fraction of sp³-hybridized carbons (Fsp3) is 0.292. The van der Waals surface area contributed by atoms with Gasteiger partial charge in [0.25, 0.3) is 5.91 Å². The molecule has 31 heavy (non-hydrogen) atoms. The Kier molecular flexibility index (Phi) is 7.51. The molecule has 1 aliphatic heterocycles. The number of carboxylic acids is 1. The van der Waals surface area contributed by atoms with E-state index in [1.54, 1.807) is 6.08 Å². The zero-order valence-corrected chi connectivity index (χ0v) is 19.3. The first-order chi connectivity index (χ1) is 14.7. The largest absolute Gasteiger partial charge is 0.489 e.